The van der Waals surface area contributed by atoms with Gasteiger partial charge in [-0.1, -0.05) is 6.07 Å². The minimum absolute atomic E-state index is 0.0224. The van der Waals surface area contributed by atoms with Gasteiger partial charge in [0.2, 0.25) is 18.1 Å². The highest BCUT2D eigenvalue weighted by Crippen LogP contribution is 2.31. The first-order valence-corrected chi connectivity index (χ1v) is 16.3. The number of anilines is 1. The van der Waals surface area contributed by atoms with Crippen LogP contribution >= 0.6 is 9.24 Å². The van der Waals surface area contributed by atoms with E-state index in [1.54, 1.807) is 0 Å². The molecule has 50 heavy (non-hydrogen) atoms. The number of carbonyl (C=O) groups excluding carboxylic acids is 5. The number of nitrogens with one attached hydrogen (secondary N) is 3. The van der Waals surface area contributed by atoms with Crippen LogP contribution in [-0.2, 0) is 40.1 Å². The number of hydrogen-bond donors (Lipinski definition) is 7. The van der Waals surface area contributed by atoms with E-state index < -0.39 is 66.4 Å². The lowest BCUT2D eigenvalue weighted by Gasteiger charge is -2.38. The second-order valence-corrected chi connectivity index (χ2v) is 11.9. The highest BCUT2D eigenvalue weighted by molar-refractivity contribution is 7.16. The molecule has 276 valence electrons. The van der Waals surface area contributed by atoms with E-state index in [9.17, 15) is 49.2 Å². The fourth-order valence-corrected chi connectivity index (χ4v) is 4.74. The molecule has 20 heteroatoms. The predicted molar refractivity (Wildman–Crippen MR) is 176 cm³/mol. The molecule has 4 unspecified atom stereocenters. The molecule has 2 heterocycles. The van der Waals surface area contributed by atoms with Crippen LogP contribution in [0.15, 0.2) is 30.4 Å². The Balaban J connectivity index is 1.70. The van der Waals surface area contributed by atoms with Crippen molar-refractivity contribution in [3.05, 3.63) is 35.9 Å². The van der Waals surface area contributed by atoms with E-state index in [0.29, 0.717) is 24.9 Å². The molecule has 0 radical (unpaired) electrons. The zero-order valence-corrected chi connectivity index (χ0v) is 28.7. The first-order chi connectivity index (χ1) is 23.7. The van der Waals surface area contributed by atoms with Crippen LogP contribution in [0.25, 0.3) is 0 Å². The van der Waals surface area contributed by atoms with Crippen molar-refractivity contribution in [1.82, 2.24) is 25.3 Å². The SMILES string of the molecule is CN(C)CCN(CNCP)C(=O)OCc1ccc(OC2OC(C(=O)O)C(O)[C@H](O)[C@@H]2O)c(NC(=O)CCNC(=O)CCN2C(=O)C=CC2=O)c1. The number of aliphatic hydroxyl groups excluding tert-OH is 3. The van der Waals surface area contributed by atoms with Gasteiger partial charge in [0, 0.05) is 57.5 Å². The molecule has 1 aromatic carbocycles. The number of carboxylic acids is 1. The molecule has 5 amide bonds. The summed E-state index contributed by atoms with van der Waals surface area (Å²) in [4.78, 5) is 77.2. The van der Waals surface area contributed by atoms with Gasteiger partial charge in [-0.15, -0.1) is 9.24 Å². The van der Waals surface area contributed by atoms with E-state index in [-0.39, 0.29) is 50.6 Å². The number of aliphatic carboxylic acids is 1. The highest BCUT2D eigenvalue weighted by atomic mass is 31.0. The average Bonchev–Trinajstić information content (AvgIpc) is 3.39. The summed E-state index contributed by atoms with van der Waals surface area (Å²) in [6, 6.07) is 4.21. The molecule has 6 atom stereocenters. The predicted octanol–water partition coefficient (Wildman–Crippen LogP) is -2.40. The summed E-state index contributed by atoms with van der Waals surface area (Å²) >= 11 is 0. The number of benzene rings is 1. The van der Waals surface area contributed by atoms with Gasteiger partial charge < -0.3 is 50.2 Å². The zero-order chi connectivity index (χ0) is 37.0. The quantitative estimate of drug-likeness (QED) is 0.0473. The number of carbonyl (C=O) groups is 6. The second kappa shape index (κ2) is 19.2. The fourth-order valence-electron chi connectivity index (χ4n) is 4.61. The Morgan fingerprint density at radius 2 is 1.68 bits per heavy atom. The normalized spacial score (nSPS) is 21.7. The lowest BCUT2D eigenvalue weighted by atomic mass is 9.99. The van der Waals surface area contributed by atoms with E-state index in [1.165, 1.54) is 23.1 Å². The van der Waals surface area contributed by atoms with Crippen molar-refractivity contribution in [2.45, 2.75) is 50.2 Å². The highest BCUT2D eigenvalue weighted by Gasteiger charge is 2.48. The molecule has 1 aromatic rings. The zero-order valence-electron chi connectivity index (χ0n) is 27.5. The van der Waals surface area contributed by atoms with Crippen molar-refractivity contribution in [3.63, 3.8) is 0 Å². The third-order valence-electron chi connectivity index (χ3n) is 7.40. The number of likely N-dealkylation sites (N-methyl/N-ethyl adjacent to an activating group) is 1. The van der Waals surface area contributed by atoms with Crippen LogP contribution in [0, 0.1) is 0 Å². The van der Waals surface area contributed by atoms with Crippen molar-refractivity contribution in [1.29, 1.82) is 0 Å². The van der Waals surface area contributed by atoms with Gasteiger partial charge in [-0.05, 0) is 31.8 Å². The minimum atomic E-state index is -1.95. The van der Waals surface area contributed by atoms with Gasteiger partial charge in [0.15, 0.2) is 6.10 Å². The summed E-state index contributed by atoms with van der Waals surface area (Å²) in [5, 5.41) is 48.2. The molecule has 2 aliphatic heterocycles. The number of carboxylic acid groups (broad SMARTS) is 1. The van der Waals surface area contributed by atoms with Gasteiger partial charge in [-0.3, -0.25) is 34.3 Å². The third-order valence-corrected chi connectivity index (χ3v) is 7.68. The Morgan fingerprint density at radius 1 is 0.980 bits per heavy atom. The van der Waals surface area contributed by atoms with Crippen molar-refractivity contribution >= 4 is 50.6 Å². The molecule has 0 aliphatic carbocycles. The van der Waals surface area contributed by atoms with E-state index in [1.807, 2.05) is 19.0 Å². The van der Waals surface area contributed by atoms with Gasteiger partial charge >= 0.3 is 12.1 Å². The minimum Gasteiger partial charge on any atom is -0.479 e. The van der Waals surface area contributed by atoms with Crippen LogP contribution in [0.2, 0.25) is 0 Å². The largest absolute Gasteiger partial charge is 0.479 e. The summed E-state index contributed by atoms with van der Waals surface area (Å²) in [6.07, 6.45) is -7.79. The number of hydrogen-bond acceptors (Lipinski definition) is 14. The Hall–Kier alpha value is -4.23. The number of nitrogens with zero attached hydrogens (tertiary/aromatic N) is 3. The lowest BCUT2D eigenvalue weighted by molar-refractivity contribution is -0.271. The topological polar surface area (TPSA) is 257 Å². The van der Waals surface area contributed by atoms with Gasteiger partial charge in [0.1, 0.15) is 30.7 Å². The summed E-state index contributed by atoms with van der Waals surface area (Å²) in [7, 11) is 6.22. The maximum absolute atomic E-state index is 12.9. The molecular weight excluding hydrogens is 683 g/mol. The molecule has 1 saturated heterocycles. The summed E-state index contributed by atoms with van der Waals surface area (Å²) in [6.45, 7) is 0.695. The smallest absolute Gasteiger partial charge is 0.411 e. The van der Waals surface area contributed by atoms with E-state index in [0.717, 1.165) is 17.1 Å². The number of imide groups is 1. The summed E-state index contributed by atoms with van der Waals surface area (Å²) < 4.78 is 16.4. The van der Waals surface area contributed by atoms with Gasteiger partial charge in [0.05, 0.1) is 12.4 Å². The van der Waals surface area contributed by atoms with Crippen molar-refractivity contribution < 1.29 is 63.4 Å². The fraction of sp³-hybridized carbons (Fsp3) is 0.533. The number of aliphatic hydroxyl groups is 3. The number of amides is 5. The summed E-state index contributed by atoms with van der Waals surface area (Å²) in [5.41, 5.74) is 0.371. The first-order valence-electron chi connectivity index (χ1n) is 15.5. The van der Waals surface area contributed by atoms with Crippen molar-refractivity contribution in [3.8, 4) is 5.75 Å². The van der Waals surface area contributed by atoms with Crippen LogP contribution in [-0.4, -0.2) is 155 Å². The lowest BCUT2D eigenvalue weighted by Crippen LogP contribution is -2.61. The van der Waals surface area contributed by atoms with E-state index >= 15 is 0 Å². The summed E-state index contributed by atoms with van der Waals surface area (Å²) in [5.74, 6) is -3.94. The standard InChI is InChI=1S/C30H43N6O13P/c1-34(2)11-12-35(15-31-16-50)30(46)47-14-17-3-4-19(48-29-26(43)24(41)25(42)27(49-29)28(44)45)18(13-17)33-21(38)7-9-32-20(37)8-10-36-22(39)5-6-23(36)40/h3-6,13,24-27,29,31,41-43H,7-12,14-16,50H2,1-2H3,(H,32,37)(H,33,38)(H,44,45)/t24-,25?,26-,27?,29?/m0/s1. The van der Waals surface area contributed by atoms with Gasteiger partial charge in [-0.25, -0.2) is 9.59 Å². The molecule has 0 aromatic heterocycles. The van der Waals surface area contributed by atoms with E-state index in [2.05, 4.69) is 25.2 Å². The molecule has 0 bridgehead atoms. The molecule has 19 nitrogen and oxygen atoms in total. The van der Waals surface area contributed by atoms with Crippen molar-refractivity contribution in [2.24, 2.45) is 0 Å². The van der Waals surface area contributed by atoms with Gasteiger partial charge in [0.25, 0.3) is 11.8 Å². The van der Waals surface area contributed by atoms with Crippen LogP contribution in [0.1, 0.15) is 18.4 Å². The average molecular weight is 727 g/mol. The van der Waals surface area contributed by atoms with Crippen LogP contribution in [0.5, 0.6) is 5.75 Å². The monoisotopic (exact) mass is 726 g/mol. The second-order valence-electron chi connectivity index (χ2n) is 11.5. The Bertz CT molecular complexity index is 1410. The van der Waals surface area contributed by atoms with Gasteiger partial charge in [-0.2, -0.15) is 0 Å². The molecule has 0 saturated carbocycles. The molecular formula is C30H43N6O13P. The van der Waals surface area contributed by atoms with Crippen LogP contribution < -0.4 is 20.7 Å². The maximum atomic E-state index is 12.9. The van der Waals surface area contributed by atoms with Crippen molar-refractivity contribution in [2.75, 3.05) is 58.5 Å². The number of rotatable bonds is 18. The molecule has 3 rings (SSSR count). The Labute approximate surface area is 289 Å². The first kappa shape index (κ1) is 40.2. The molecule has 0 spiro atoms. The molecule has 1 fully saturated rings. The maximum Gasteiger partial charge on any atom is 0.411 e. The Morgan fingerprint density at radius 3 is 2.32 bits per heavy atom. The van der Waals surface area contributed by atoms with E-state index in [4.69, 9.17) is 14.2 Å². The van der Waals surface area contributed by atoms with Crippen LogP contribution in [0.4, 0.5) is 10.5 Å². The number of ether oxygens (including phenoxy) is 3. The third kappa shape index (κ3) is 11.7. The Kier molecular flexibility index (Phi) is 15.5. The molecule has 7 N–H and O–H groups in total. The molecule has 2 aliphatic rings. The van der Waals surface area contributed by atoms with Crippen LogP contribution in [0.3, 0.4) is 0 Å².